The molecule has 1 aromatic heterocycles. The highest BCUT2D eigenvalue weighted by atomic mass is 35.5. The highest BCUT2D eigenvalue weighted by Crippen LogP contribution is 2.33. The number of carbonyl (C=O) groups excluding carboxylic acids is 2. The number of carbonyl (C=O) groups is 2. The zero-order valence-corrected chi connectivity index (χ0v) is 17.1. The Morgan fingerprint density at radius 1 is 1.37 bits per heavy atom. The molecule has 27 heavy (non-hydrogen) atoms. The van der Waals surface area contributed by atoms with Crippen molar-refractivity contribution < 1.29 is 9.59 Å². The quantitative estimate of drug-likeness (QED) is 0.720. The predicted octanol–water partition coefficient (Wildman–Crippen LogP) is 4.32. The van der Waals surface area contributed by atoms with Crippen molar-refractivity contribution in [1.82, 2.24) is 15.2 Å². The monoisotopic (exact) mass is 426 g/mol. The normalized spacial score (nSPS) is 16.4. The first kappa shape index (κ1) is 19.9. The molecule has 1 aliphatic heterocycles. The fraction of sp³-hybridized carbons (Fsp3) is 0.389. The Balaban J connectivity index is 1.71. The van der Waals surface area contributed by atoms with Gasteiger partial charge in [-0.15, -0.1) is 11.3 Å². The highest BCUT2D eigenvalue weighted by Gasteiger charge is 2.35. The molecule has 3 rings (SSSR count). The molecular formula is C18H20Cl2N4O2S. The minimum atomic E-state index is -0.426. The smallest absolute Gasteiger partial charge is 0.274 e. The average Bonchev–Trinajstić information content (AvgIpc) is 3.32. The molecule has 1 aromatic carbocycles. The molecule has 1 aliphatic rings. The first-order chi connectivity index (χ1) is 13.0. The summed E-state index contributed by atoms with van der Waals surface area (Å²) in [5.41, 5.74) is 0.936. The number of halogens is 2. The lowest BCUT2D eigenvalue weighted by atomic mass is 10.2. The second-order valence-corrected chi connectivity index (χ2v) is 7.86. The summed E-state index contributed by atoms with van der Waals surface area (Å²) < 4.78 is 0. The first-order valence-corrected chi connectivity index (χ1v) is 10.4. The second kappa shape index (κ2) is 8.91. The van der Waals surface area contributed by atoms with Crippen LogP contribution in [0.25, 0.3) is 0 Å². The Kier molecular flexibility index (Phi) is 6.57. The number of hydrogen-bond donors (Lipinski definition) is 2. The third-order valence-corrected chi connectivity index (χ3v) is 5.86. The van der Waals surface area contributed by atoms with Crippen LogP contribution in [0.1, 0.15) is 36.7 Å². The Hall–Kier alpha value is -1.83. The van der Waals surface area contributed by atoms with Gasteiger partial charge in [0.15, 0.2) is 5.13 Å². The Labute approximate surface area is 171 Å². The minimum Gasteiger partial charge on any atom is -0.354 e. The fourth-order valence-corrected chi connectivity index (χ4v) is 3.98. The van der Waals surface area contributed by atoms with Crippen LogP contribution in [0.4, 0.5) is 10.8 Å². The lowest BCUT2D eigenvalue weighted by Gasteiger charge is -2.23. The van der Waals surface area contributed by atoms with E-state index in [9.17, 15) is 9.59 Å². The maximum atomic E-state index is 12.8. The predicted molar refractivity (Wildman–Crippen MR) is 109 cm³/mol. The Morgan fingerprint density at radius 2 is 2.19 bits per heavy atom. The number of anilines is 2. The molecule has 6 nitrogen and oxygen atoms in total. The number of amides is 2. The molecule has 9 heteroatoms. The molecule has 0 saturated carbocycles. The molecule has 144 valence electrons. The van der Waals surface area contributed by atoms with Crippen LogP contribution in [-0.4, -0.2) is 40.8 Å². The number of benzene rings is 1. The summed E-state index contributed by atoms with van der Waals surface area (Å²) in [6.07, 6.45) is 2.34. The molecule has 1 fully saturated rings. The standard InChI is InChI=1S/C18H20Cl2N4O2S/c1-2-8-21-16(25)14-7-4-9-24(14)17(26)13-10-27-18(23-13)22-12-6-3-5-11(19)15(12)20/h3,5-6,10,14H,2,4,7-9H2,1H3,(H,21,25)(H,22,23). The van der Waals surface area contributed by atoms with E-state index in [0.29, 0.717) is 46.1 Å². The topological polar surface area (TPSA) is 74.3 Å². The number of hydrogen-bond acceptors (Lipinski definition) is 5. The van der Waals surface area contributed by atoms with Gasteiger partial charge in [0.25, 0.3) is 5.91 Å². The number of nitrogens with one attached hydrogen (secondary N) is 2. The third-order valence-electron chi connectivity index (χ3n) is 4.28. The van der Waals surface area contributed by atoms with Gasteiger partial charge in [-0.3, -0.25) is 9.59 Å². The van der Waals surface area contributed by atoms with E-state index >= 15 is 0 Å². The SMILES string of the molecule is CCCNC(=O)C1CCCN1C(=O)c1csc(Nc2cccc(Cl)c2Cl)n1. The summed E-state index contributed by atoms with van der Waals surface area (Å²) in [7, 11) is 0. The Morgan fingerprint density at radius 3 is 2.96 bits per heavy atom. The summed E-state index contributed by atoms with van der Waals surface area (Å²) in [5, 5.41) is 9.01. The van der Waals surface area contributed by atoms with Crippen LogP contribution in [0, 0.1) is 0 Å². The third kappa shape index (κ3) is 4.54. The van der Waals surface area contributed by atoms with Gasteiger partial charge >= 0.3 is 0 Å². The summed E-state index contributed by atoms with van der Waals surface area (Å²) >= 11 is 13.5. The summed E-state index contributed by atoms with van der Waals surface area (Å²) in [6, 6.07) is 4.83. The molecule has 1 unspecified atom stereocenters. The average molecular weight is 427 g/mol. The molecule has 2 heterocycles. The highest BCUT2D eigenvalue weighted by molar-refractivity contribution is 7.14. The van der Waals surface area contributed by atoms with Crippen LogP contribution in [0.3, 0.4) is 0 Å². The molecule has 1 saturated heterocycles. The van der Waals surface area contributed by atoms with E-state index in [1.165, 1.54) is 11.3 Å². The molecule has 2 aromatic rings. The fourth-order valence-electron chi connectivity index (χ4n) is 2.94. The number of rotatable bonds is 6. The van der Waals surface area contributed by atoms with Gasteiger partial charge in [0.2, 0.25) is 5.91 Å². The minimum absolute atomic E-state index is 0.0954. The van der Waals surface area contributed by atoms with E-state index in [1.54, 1.807) is 28.5 Å². The second-order valence-electron chi connectivity index (χ2n) is 6.21. The maximum Gasteiger partial charge on any atom is 0.274 e. The van der Waals surface area contributed by atoms with Gasteiger partial charge in [0, 0.05) is 18.5 Å². The van der Waals surface area contributed by atoms with Crippen molar-refractivity contribution in [3.05, 3.63) is 39.3 Å². The number of aromatic nitrogens is 1. The lowest BCUT2D eigenvalue weighted by Crippen LogP contribution is -2.46. The van der Waals surface area contributed by atoms with Gasteiger partial charge in [-0.1, -0.05) is 36.2 Å². The van der Waals surface area contributed by atoms with E-state index < -0.39 is 6.04 Å². The van der Waals surface area contributed by atoms with Gasteiger partial charge in [0.1, 0.15) is 11.7 Å². The summed E-state index contributed by atoms with van der Waals surface area (Å²) in [5.74, 6) is -0.326. The largest absolute Gasteiger partial charge is 0.354 e. The van der Waals surface area contributed by atoms with E-state index in [4.69, 9.17) is 23.2 Å². The maximum absolute atomic E-state index is 12.8. The van der Waals surface area contributed by atoms with Crippen LogP contribution in [-0.2, 0) is 4.79 Å². The summed E-state index contributed by atoms with van der Waals surface area (Å²) in [6.45, 7) is 3.17. The van der Waals surface area contributed by atoms with E-state index in [1.807, 2.05) is 6.92 Å². The zero-order chi connectivity index (χ0) is 19.4. The molecule has 0 radical (unpaired) electrons. The van der Waals surface area contributed by atoms with Crippen LogP contribution in [0.15, 0.2) is 23.6 Å². The van der Waals surface area contributed by atoms with Crippen molar-refractivity contribution >= 4 is 57.2 Å². The van der Waals surface area contributed by atoms with Crippen LogP contribution >= 0.6 is 34.5 Å². The van der Waals surface area contributed by atoms with Crippen molar-refractivity contribution in [2.75, 3.05) is 18.4 Å². The van der Waals surface area contributed by atoms with E-state index in [-0.39, 0.29) is 11.8 Å². The first-order valence-electron chi connectivity index (χ1n) is 8.76. The van der Waals surface area contributed by atoms with Gasteiger partial charge in [0.05, 0.1) is 15.7 Å². The van der Waals surface area contributed by atoms with Crippen LogP contribution in [0.5, 0.6) is 0 Å². The number of thiazole rings is 1. The van der Waals surface area contributed by atoms with Gasteiger partial charge in [-0.05, 0) is 31.4 Å². The van der Waals surface area contributed by atoms with Crippen LogP contribution in [0.2, 0.25) is 10.0 Å². The van der Waals surface area contributed by atoms with Crippen LogP contribution < -0.4 is 10.6 Å². The van der Waals surface area contributed by atoms with Crippen molar-refractivity contribution in [1.29, 1.82) is 0 Å². The zero-order valence-electron chi connectivity index (χ0n) is 14.8. The molecule has 2 amide bonds. The molecule has 2 N–H and O–H groups in total. The van der Waals surface area contributed by atoms with Crippen molar-refractivity contribution in [2.45, 2.75) is 32.2 Å². The molecule has 0 aliphatic carbocycles. The number of nitrogens with zero attached hydrogens (tertiary/aromatic N) is 2. The van der Waals surface area contributed by atoms with Gasteiger partial charge in [-0.2, -0.15) is 0 Å². The van der Waals surface area contributed by atoms with Crippen molar-refractivity contribution in [3.8, 4) is 0 Å². The molecule has 0 bridgehead atoms. The Bertz CT molecular complexity index is 843. The molecule has 0 spiro atoms. The van der Waals surface area contributed by atoms with Gasteiger partial charge < -0.3 is 15.5 Å². The van der Waals surface area contributed by atoms with E-state index in [0.717, 1.165) is 12.8 Å². The van der Waals surface area contributed by atoms with E-state index in [2.05, 4.69) is 15.6 Å². The lowest BCUT2D eigenvalue weighted by molar-refractivity contribution is -0.124. The van der Waals surface area contributed by atoms with Crippen molar-refractivity contribution in [3.63, 3.8) is 0 Å². The number of likely N-dealkylation sites (tertiary alicyclic amines) is 1. The van der Waals surface area contributed by atoms with Crippen molar-refractivity contribution in [2.24, 2.45) is 0 Å². The summed E-state index contributed by atoms with van der Waals surface area (Å²) in [4.78, 5) is 31.1. The van der Waals surface area contributed by atoms with Gasteiger partial charge in [-0.25, -0.2) is 4.98 Å². The molecule has 1 atom stereocenters. The molecular weight excluding hydrogens is 407 g/mol.